The Balaban J connectivity index is 5.58. The number of primary amides is 1. The van der Waals surface area contributed by atoms with E-state index in [1.165, 1.54) is 6.92 Å². The predicted molar refractivity (Wildman–Crippen MR) is 94.9 cm³/mol. The fourth-order valence-electron chi connectivity index (χ4n) is 2.35. The van der Waals surface area contributed by atoms with Gasteiger partial charge in [0.2, 0.25) is 17.7 Å². The van der Waals surface area contributed by atoms with Gasteiger partial charge in [-0.25, -0.2) is 0 Å². The average molecular weight is 387 g/mol. The maximum atomic E-state index is 12.5. The minimum absolute atomic E-state index is 0.0120. The summed E-state index contributed by atoms with van der Waals surface area (Å²) < 4.78 is 9.70. The van der Waals surface area contributed by atoms with Crippen molar-refractivity contribution in [3.8, 4) is 0 Å². The second-order valence-electron chi connectivity index (χ2n) is 6.18. The minimum Gasteiger partial charge on any atom is -0.466 e. The molecule has 0 fully saturated rings. The quantitative estimate of drug-likeness (QED) is 0.394. The van der Waals surface area contributed by atoms with Crippen LogP contribution in [0.1, 0.15) is 41.0 Å². The van der Waals surface area contributed by atoms with E-state index in [4.69, 9.17) is 15.2 Å². The van der Waals surface area contributed by atoms with Crippen LogP contribution in [0.15, 0.2) is 0 Å². The van der Waals surface area contributed by atoms with Crippen molar-refractivity contribution in [3.05, 3.63) is 0 Å². The van der Waals surface area contributed by atoms with Gasteiger partial charge in [0, 0.05) is 6.92 Å². The zero-order chi connectivity index (χ0) is 21.1. The number of carbonyl (C=O) groups excluding carboxylic acids is 5. The van der Waals surface area contributed by atoms with Gasteiger partial charge in [-0.2, -0.15) is 0 Å². The number of nitrogens with two attached hydrogens (primary N) is 1. The third kappa shape index (κ3) is 8.52. The first-order valence-corrected chi connectivity index (χ1v) is 8.74. The summed E-state index contributed by atoms with van der Waals surface area (Å²) in [5.74, 6) is -5.41. The second kappa shape index (κ2) is 11.9. The van der Waals surface area contributed by atoms with Crippen LogP contribution >= 0.6 is 0 Å². The molecular formula is C17H29N3O7. The standard InChI is InChI=1S/C17H29N3O7/c1-6-26-12(22)8-11(17(25)27-7-2)14(15(18)23)20-16(24)13(9(3)4)19-10(5)21/h9,11,13-14H,6-8H2,1-5H3,(H2,18,23)(H,19,21)(H,20,24)/t11-,13-,14+/m1/s1. The second-order valence-corrected chi connectivity index (χ2v) is 6.18. The predicted octanol–water partition coefficient (Wildman–Crippen LogP) is -0.750. The third-order valence-electron chi connectivity index (χ3n) is 3.60. The van der Waals surface area contributed by atoms with E-state index in [1.807, 2.05) is 0 Å². The van der Waals surface area contributed by atoms with Gasteiger partial charge in [-0.15, -0.1) is 0 Å². The highest BCUT2D eigenvalue weighted by Gasteiger charge is 2.38. The smallest absolute Gasteiger partial charge is 0.312 e. The van der Waals surface area contributed by atoms with Crippen molar-refractivity contribution < 1.29 is 33.4 Å². The SMILES string of the molecule is CCOC(=O)C[C@@H](C(=O)OCC)[C@H](NC(=O)[C@H](NC(C)=O)C(C)C)C(N)=O. The van der Waals surface area contributed by atoms with E-state index >= 15 is 0 Å². The van der Waals surface area contributed by atoms with E-state index in [0.717, 1.165) is 0 Å². The van der Waals surface area contributed by atoms with Crippen molar-refractivity contribution in [2.45, 2.75) is 53.1 Å². The van der Waals surface area contributed by atoms with Gasteiger partial charge >= 0.3 is 11.9 Å². The lowest BCUT2D eigenvalue weighted by molar-refractivity contribution is -0.157. The molecular weight excluding hydrogens is 358 g/mol. The fraction of sp³-hybridized carbons (Fsp3) is 0.706. The Kier molecular flexibility index (Phi) is 10.7. The van der Waals surface area contributed by atoms with E-state index in [-0.39, 0.29) is 19.1 Å². The molecule has 154 valence electrons. The van der Waals surface area contributed by atoms with Crippen molar-refractivity contribution >= 4 is 29.7 Å². The van der Waals surface area contributed by atoms with Gasteiger partial charge in [0.05, 0.1) is 25.6 Å². The molecule has 0 aliphatic carbocycles. The van der Waals surface area contributed by atoms with Crippen molar-refractivity contribution in [3.63, 3.8) is 0 Å². The normalized spacial score (nSPS) is 13.9. The molecule has 27 heavy (non-hydrogen) atoms. The molecule has 0 radical (unpaired) electrons. The average Bonchev–Trinajstić information content (AvgIpc) is 2.55. The number of carbonyl (C=O) groups is 5. The Bertz CT molecular complexity index is 563. The number of esters is 2. The van der Waals surface area contributed by atoms with Crippen LogP contribution in [-0.4, -0.2) is 55.0 Å². The van der Waals surface area contributed by atoms with Crippen molar-refractivity contribution in [1.82, 2.24) is 10.6 Å². The molecule has 0 aromatic rings. The lowest BCUT2D eigenvalue weighted by Gasteiger charge is -2.27. The molecule has 0 saturated carbocycles. The largest absolute Gasteiger partial charge is 0.466 e. The fourth-order valence-corrected chi connectivity index (χ4v) is 2.35. The van der Waals surface area contributed by atoms with E-state index in [2.05, 4.69) is 10.6 Å². The van der Waals surface area contributed by atoms with E-state index in [9.17, 15) is 24.0 Å². The lowest BCUT2D eigenvalue weighted by atomic mass is 9.94. The van der Waals surface area contributed by atoms with Crippen LogP contribution in [0.2, 0.25) is 0 Å². The summed E-state index contributed by atoms with van der Waals surface area (Å²) in [7, 11) is 0. The van der Waals surface area contributed by atoms with Crippen LogP contribution in [0, 0.1) is 11.8 Å². The summed E-state index contributed by atoms with van der Waals surface area (Å²) in [6, 6.07) is -2.45. The maximum Gasteiger partial charge on any atom is 0.312 e. The number of rotatable bonds is 11. The molecule has 0 aromatic heterocycles. The highest BCUT2D eigenvalue weighted by molar-refractivity contribution is 5.95. The van der Waals surface area contributed by atoms with Crippen molar-refractivity contribution in [2.75, 3.05) is 13.2 Å². The number of nitrogens with one attached hydrogen (secondary N) is 2. The van der Waals surface area contributed by atoms with Crippen LogP contribution in [-0.2, 0) is 33.4 Å². The van der Waals surface area contributed by atoms with Gasteiger partial charge < -0.3 is 25.8 Å². The number of hydrogen-bond donors (Lipinski definition) is 3. The Hall–Kier alpha value is -2.65. The first-order valence-electron chi connectivity index (χ1n) is 8.74. The summed E-state index contributed by atoms with van der Waals surface area (Å²) in [5, 5.41) is 4.82. The molecule has 0 aliphatic rings. The van der Waals surface area contributed by atoms with Crippen LogP contribution in [0.25, 0.3) is 0 Å². The van der Waals surface area contributed by atoms with E-state index in [1.54, 1.807) is 27.7 Å². The molecule has 10 nitrogen and oxygen atoms in total. The summed E-state index contributed by atoms with van der Waals surface area (Å²) >= 11 is 0. The van der Waals surface area contributed by atoms with Crippen LogP contribution < -0.4 is 16.4 Å². The van der Waals surface area contributed by atoms with Crippen LogP contribution in [0.5, 0.6) is 0 Å². The van der Waals surface area contributed by atoms with E-state index in [0.29, 0.717) is 0 Å². The Morgan fingerprint density at radius 3 is 1.89 bits per heavy atom. The molecule has 0 rings (SSSR count). The number of ether oxygens (including phenoxy) is 2. The number of amides is 3. The highest BCUT2D eigenvalue weighted by atomic mass is 16.5. The zero-order valence-electron chi connectivity index (χ0n) is 16.4. The van der Waals surface area contributed by atoms with E-state index < -0.39 is 54.1 Å². The molecule has 0 bridgehead atoms. The molecule has 4 N–H and O–H groups in total. The lowest BCUT2D eigenvalue weighted by Crippen LogP contribution is -2.58. The van der Waals surface area contributed by atoms with Crippen molar-refractivity contribution in [1.29, 1.82) is 0 Å². The molecule has 3 atom stereocenters. The number of hydrogen-bond acceptors (Lipinski definition) is 7. The zero-order valence-corrected chi connectivity index (χ0v) is 16.4. The van der Waals surface area contributed by atoms with Gasteiger partial charge in [0.15, 0.2) is 0 Å². The van der Waals surface area contributed by atoms with Crippen molar-refractivity contribution in [2.24, 2.45) is 17.6 Å². The summed E-state index contributed by atoms with van der Waals surface area (Å²) in [6.07, 6.45) is -0.493. The van der Waals surface area contributed by atoms with Gasteiger partial charge in [-0.3, -0.25) is 24.0 Å². The molecule has 0 unspecified atom stereocenters. The Morgan fingerprint density at radius 1 is 0.926 bits per heavy atom. The highest BCUT2D eigenvalue weighted by Crippen LogP contribution is 2.15. The molecule has 0 saturated heterocycles. The first-order chi connectivity index (χ1) is 12.5. The Morgan fingerprint density at radius 2 is 1.48 bits per heavy atom. The van der Waals surface area contributed by atoms with Crippen LogP contribution in [0.3, 0.4) is 0 Å². The molecule has 0 heterocycles. The summed E-state index contributed by atoms with van der Waals surface area (Å²) in [6.45, 7) is 7.88. The molecule has 10 heteroatoms. The van der Waals surface area contributed by atoms with Gasteiger partial charge in [-0.05, 0) is 19.8 Å². The van der Waals surface area contributed by atoms with Gasteiger partial charge in [0.25, 0.3) is 0 Å². The van der Waals surface area contributed by atoms with Crippen LogP contribution in [0.4, 0.5) is 0 Å². The maximum absolute atomic E-state index is 12.5. The molecule has 0 aromatic carbocycles. The molecule has 0 spiro atoms. The Labute approximate surface area is 158 Å². The first kappa shape index (κ1) is 24.4. The minimum atomic E-state index is -1.50. The summed E-state index contributed by atoms with van der Waals surface area (Å²) in [4.78, 5) is 59.8. The van der Waals surface area contributed by atoms with Gasteiger partial charge in [0.1, 0.15) is 12.1 Å². The third-order valence-corrected chi connectivity index (χ3v) is 3.60. The monoisotopic (exact) mass is 387 g/mol. The molecule has 3 amide bonds. The summed E-state index contributed by atoms with van der Waals surface area (Å²) in [5.41, 5.74) is 5.35. The molecule has 0 aliphatic heterocycles. The van der Waals surface area contributed by atoms with Gasteiger partial charge in [-0.1, -0.05) is 13.8 Å². The topological polar surface area (TPSA) is 154 Å².